The van der Waals surface area contributed by atoms with E-state index in [0.717, 1.165) is 31.4 Å². The Morgan fingerprint density at radius 1 is 1.53 bits per heavy atom. The first-order chi connectivity index (χ1) is 8.20. The Hall–Kier alpha value is -0.930. The van der Waals surface area contributed by atoms with Crippen LogP contribution in [-0.2, 0) is 6.42 Å². The van der Waals surface area contributed by atoms with Crippen LogP contribution in [0.15, 0.2) is 18.2 Å². The molecule has 0 saturated heterocycles. The minimum absolute atomic E-state index is 0.152. The standard InChI is InChI=1S/C14H20FNO/c1-10(6-7-17)9-16-14-5-3-11-2-4-12(15)8-13(11)14/h2,4,8,10,14,16-17H,3,5-7,9H2,1H3. The van der Waals surface area contributed by atoms with Crippen LogP contribution in [0.5, 0.6) is 0 Å². The summed E-state index contributed by atoms with van der Waals surface area (Å²) in [6.45, 7) is 3.23. The lowest BCUT2D eigenvalue weighted by Gasteiger charge is -2.17. The molecule has 1 aromatic carbocycles. The number of aryl methyl sites for hydroxylation is 1. The summed E-state index contributed by atoms with van der Waals surface area (Å²) in [7, 11) is 0. The van der Waals surface area contributed by atoms with Gasteiger partial charge >= 0.3 is 0 Å². The molecule has 1 aromatic rings. The van der Waals surface area contributed by atoms with Gasteiger partial charge in [-0.15, -0.1) is 0 Å². The Kier molecular flexibility index (Phi) is 4.13. The molecule has 0 fully saturated rings. The van der Waals surface area contributed by atoms with Crippen LogP contribution in [0.3, 0.4) is 0 Å². The molecule has 2 atom stereocenters. The van der Waals surface area contributed by atoms with Crippen LogP contribution < -0.4 is 5.32 Å². The van der Waals surface area contributed by atoms with E-state index in [2.05, 4.69) is 12.2 Å². The number of halogens is 1. The van der Waals surface area contributed by atoms with E-state index in [1.165, 1.54) is 11.6 Å². The molecule has 0 aromatic heterocycles. The van der Waals surface area contributed by atoms with Crippen molar-refractivity contribution in [2.45, 2.75) is 32.2 Å². The minimum Gasteiger partial charge on any atom is -0.396 e. The summed E-state index contributed by atoms with van der Waals surface area (Å²) in [6, 6.07) is 5.36. The zero-order valence-corrected chi connectivity index (χ0v) is 10.2. The highest BCUT2D eigenvalue weighted by Crippen LogP contribution is 2.31. The van der Waals surface area contributed by atoms with Gasteiger partial charge in [-0.2, -0.15) is 0 Å². The second kappa shape index (κ2) is 5.61. The number of rotatable bonds is 5. The number of hydrogen-bond donors (Lipinski definition) is 2. The topological polar surface area (TPSA) is 32.3 Å². The molecule has 1 aliphatic rings. The lowest BCUT2D eigenvalue weighted by molar-refractivity contribution is 0.257. The molecular formula is C14H20FNO. The lowest BCUT2D eigenvalue weighted by atomic mass is 10.1. The molecule has 17 heavy (non-hydrogen) atoms. The summed E-state index contributed by atoms with van der Waals surface area (Å²) in [5, 5.41) is 12.3. The first-order valence-electron chi connectivity index (χ1n) is 6.33. The predicted molar refractivity (Wildman–Crippen MR) is 66.3 cm³/mol. The summed E-state index contributed by atoms with van der Waals surface area (Å²) in [5.41, 5.74) is 2.37. The Balaban J connectivity index is 1.95. The van der Waals surface area contributed by atoms with Crippen LogP contribution in [0, 0.1) is 11.7 Å². The quantitative estimate of drug-likeness (QED) is 0.824. The molecule has 2 nitrogen and oxygen atoms in total. The molecule has 0 amide bonds. The summed E-state index contributed by atoms with van der Waals surface area (Å²) in [5.74, 6) is 0.304. The van der Waals surface area contributed by atoms with Crippen molar-refractivity contribution in [2.24, 2.45) is 5.92 Å². The molecule has 3 heteroatoms. The van der Waals surface area contributed by atoms with Gasteiger partial charge < -0.3 is 10.4 Å². The van der Waals surface area contributed by atoms with E-state index in [9.17, 15) is 4.39 Å². The number of nitrogens with one attached hydrogen (secondary N) is 1. The highest BCUT2D eigenvalue weighted by Gasteiger charge is 2.22. The van der Waals surface area contributed by atoms with Crippen LogP contribution in [0.2, 0.25) is 0 Å². The third kappa shape index (κ3) is 3.05. The molecule has 2 rings (SSSR count). The van der Waals surface area contributed by atoms with Gasteiger partial charge in [0.1, 0.15) is 5.82 Å². The molecule has 0 radical (unpaired) electrons. The fourth-order valence-corrected chi connectivity index (χ4v) is 2.45. The third-order valence-corrected chi connectivity index (χ3v) is 3.52. The van der Waals surface area contributed by atoms with Gasteiger partial charge in [-0.25, -0.2) is 4.39 Å². The van der Waals surface area contributed by atoms with E-state index < -0.39 is 0 Å². The third-order valence-electron chi connectivity index (χ3n) is 3.52. The first kappa shape index (κ1) is 12.5. The largest absolute Gasteiger partial charge is 0.396 e. The van der Waals surface area contributed by atoms with Crippen LogP contribution in [0.1, 0.15) is 36.9 Å². The van der Waals surface area contributed by atoms with E-state index >= 15 is 0 Å². The monoisotopic (exact) mass is 237 g/mol. The van der Waals surface area contributed by atoms with Gasteiger partial charge in [0.05, 0.1) is 0 Å². The highest BCUT2D eigenvalue weighted by atomic mass is 19.1. The van der Waals surface area contributed by atoms with Crippen molar-refractivity contribution in [2.75, 3.05) is 13.2 Å². The summed E-state index contributed by atoms with van der Waals surface area (Å²) in [6.07, 6.45) is 2.89. The van der Waals surface area contributed by atoms with Gasteiger partial charge in [-0.1, -0.05) is 13.0 Å². The number of benzene rings is 1. The molecule has 1 aliphatic carbocycles. The van der Waals surface area contributed by atoms with Gasteiger partial charge in [-0.05, 0) is 55.0 Å². The molecule has 0 bridgehead atoms. The maximum atomic E-state index is 13.2. The van der Waals surface area contributed by atoms with Crippen LogP contribution in [-0.4, -0.2) is 18.3 Å². The second-order valence-corrected chi connectivity index (χ2v) is 4.96. The smallest absolute Gasteiger partial charge is 0.123 e. The van der Waals surface area contributed by atoms with Gasteiger partial charge in [0.15, 0.2) is 0 Å². The van der Waals surface area contributed by atoms with Gasteiger partial charge in [-0.3, -0.25) is 0 Å². The number of aliphatic hydroxyl groups is 1. The van der Waals surface area contributed by atoms with Crippen LogP contribution in [0.25, 0.3) is 0 Å². The van der Waals surface area contributed by atoms with E-state index in [1.54, 1.807) is 6.07 Å². The number of hydrogen-bond acceptors (Lipinski definition) is 2. The molecule has 0 aliphatic heterocycles. The highest BCUT2D eigenvalue weighted by molar-refractivity contribution is 5.34. The van der Waals surface area contributed by atoms with Crippen LogP contribution >= 0.6 is 0 Å². The summed E-state index contributed by atoms with van der Waals surface area (Å²) < 4.78 is 13.2. The average molecular weight is 237 g/mol. The van der Waals surface area contributed by atoms with E-state index in [-0.39, 0.29) is 18.5 Å². The fourth-order valence-electron chi connectivity index (χ4n) is 2.45. The average Bonchev–Trinajstić information content (AvgIpc) is 2.69. The molecule has 0 spiro atoms. The van der Waals surface area contributed by atoms with Crippen molar-refractivity contribution in [3.8, 4) is 0 Å². The van der Waals surface area contributed by atoms with Gasteiger partial charge in [0.25, 0.3) is 0 Å². The normalized spacial score (nSPS) is 20.3. The molecule has 2 N–H and O–H groups in total. The molecule has 94 valence electrons. The Bertz CT molecular complexity index is 380. The zero-order valence-electron chi connectivity index (χ0n) is 10.2. The molecule has 0 heterocycles. The first-order valence-corrected chi connectivity index (χ1v) is 6.33. The van der Waals surface area contributed by atoms with Crippen molar-refractivity contribution >= 4 is 0 Å². The Labute approximate surface area is 102 Å². The maximum absolute atomic E-state index is 13.2. The summed E-state index contributed by atoms with van der Waals surface area (Å²) >= 11 is 0. The predicted octanol–water partition coefficient (Wildman–Crippen LogP) is 2.42. The lowest BCUT2D eigenvalue weighted by Crippen LogP contribution is -2.25. The van der Waals surface area contributed by atoms with Gasteiger partial charge in [0.2, 0.25) is 0 Å². The molecule has 2 unspecified atom stereocenters. The Morgan fingerprint density at radius 2 is 2.35 bits per heavy atom. The fraction of sp³-hybridized carbons (Fsp3) is 0.571. The second-order valence-electron chi connectivity index (χ2n) is 4.96. The van der Waals surface area contributed by atoms with E-state index in [4.69, 9.17) is 5.11 Å². The summed E-state index contributed by atoms with van der Waals surface area (Å²) in [4.78, 5) is 0. The molecule has 0 saturated carbocycles. The minimum atomic E-state index is -0.152. The van der Waals surface area contributed by atoms with Crippen molar-refractivity contribution in [3.63, 3.8) is 0 Å². The number of aliphatic hydroxyl groups excluding tert-OH is 1. The van der Waals surface area contributed by atoms with E-state index in [0.29, 0.717) is 5.92 Å². The van der Waals surface area contributed by atoms with Crippen molar-refractivity contribution in [3.05, 3.63) is 35.1 Å². The number of fused-ring (bicyclic) bond motifs is 1. The van der Waals surface area contributed by atoms with Crippen molar-refractivity contribution in [1.82, 2.24) is 5.32 Å². The zero-order chi connectivity index (χ0) is 12.3. The molecular weight excluding hydrogens is 217 g/mol. The van der Waals surface area contributed by atoms with Crippen molar-refractivity contribution < 1.29 is 9.50 Å². The maximum Gasteiger partial charge on any atom is 0.123 e. The SMILES string of the molecule is CC(CCO)CNC1CCc2ccc(F)cc21. The Morgan fingerprint density at radius 3 is 3.12 bits per heavy atom. The van der Waals surface area contributed by atoms with Gasteiger partial charge in [0, 0.05) is 12.6 Å². The van der Waals surface area contributed by atoms with Crippen LogP contribution in [0.4, 0.5) is 4.39 Å². The van der Waals surface area contributed by atoms with E-state index in [1.807, 2.05) is 6.07 Å². The van der Waals surface area contributed by atoms with Crippen molar-refractivity contribution in [1.29, 1.82) is 0 Å².